The van der Waals surface area contributed by atoms with Crippen LogP contribution in [0.4, 0.5) is 4.39 Å². The van der Waals surface area contributed by atoms with Crippen molar-refractivity contribution in [2.45, 2.75) is 26.4 Å². The predicted octanol–water partition coefficient (Wildman–Crippen LogP) is 1.73. The van der Waals surface area contributed by atoms with Crippen LogP contribution in [-0.4, -0.2) is 29.4 Å². The van der Waals surface area contributed by atoms with Crippen molar-refractivity contribution in [2.24, 2.45) is 11.7 Å². The molecular formula is C19H23FN4O3. The molecular weight excluding hydrogens is 351 g/mol. The second-order valence-electron chi connectivity index (χ2n) is 6.30. The number of carbonyl (C=O) groups is 2. The highest BCUT2D eigenvalue weighted by molar-refractivity contribution is 5.87. The number of halogens is 1. The van der Waals surface area contributed by atoms with Gasteiger partial charge in [0.15, 0.2) is 0 Å². The molecule has 0 bridgehead atoms. The molecule has 27 heavy (non-hydrogen) atoms. The van der Waals surface area contributed by atoms with Gasteiger partial charge in [0.05, 0.1) is 24.8 Å². The lowest BCUT2D eigenvalue weighted by molar-refractivity contribution is -0.127. The minimum Gasteiger partial charge on any atom is -0.457 e. The number of aromatic nitrogens is 1. The molecule has 0 unspecified atom stereocenters. The van der Waals surface area contributed by atoms with Crippen LogP contribution in [0.15, 0.2) is 42.6 Å². The van der Waals surface area contributed by atoms with Crippen LogP contribution in [-0.2, 0) is 16.1 Å². The Morgan fingerprint density at radius 2 is 1.85 bits per heavy atom. The molecule has 2 rings (SSSR count). The Bertz CT molecular complexity index is 781. The van der Waals surface area contributed by atoms with Crippen LogP contribution in [0.2, 0.25) is 0 Å². The molecule has 0 radical (unpaired) electrons. The third kappa shape index (κ3) is 6.67. The zero-order chi connectivity index (χ0) is 19.8. The Morgan fingerprint density at radius 1 is 1.15 bits per heavy atom. The maximum Gasteiger partial charge on any atom is 0.239 e. The number of amides is 2. The van der Waals surface area contributed by atoms with E-state index in [-0.39, 0.29) is 36.6 Å². The van der Waals surface area contributed by atoms with Gasteiger partial charge in [0.2, 0.25) is 11.8 Å². The van der Waals surface area contributed by atoms with Crippen molar-refractivity contribution >= 4 is 11.8 Å². The summed E-state index contributed by atoms with van der Waals surface area (Å²) in [6.07, 6.45) is 1.55. The first-order valence-corrected chi connectivity index (χ1v) is 8.53. The minimum absolute atomic E-state index is 0.0129. The number of benzene rings is 1. The summed E-state index contributed by atoms with van der Waals surface area (Å²) in [6, 6.07) is 8.30. The molecule has 0 spiro atoms. The number of pyridine rings is 1. The Balaban J connectivity index is 1.82. The van der Waals surface area contributed by atoms with Crippen LogP contribution in [0, 0.1) is 11.7 Å². The molecule has 8 heteroatoms. The first kappa shape index (κ1) is 20.3. The van der Waals surface area contributed by atoms with Gasteiger partial charge in [-0.15, -0.1) is 0 Å². The van der Waals surface area contributed by atoms with Crippen LogP contribution in [0.25, 0.3) is 0 Å². The van der Waals surface area contributed by atoms with Crippen molar-refractivity contribution in [3.05, 3.63) is 54.1 Å². The van der Waals surface area contributed by atoms with Crippen LogP contribution >= 0.6 is 0 Å². The van der Waals surface area contributed by atoms with E-state index in [0.29, 0.717) is 17.2 Å². The fourth-order valence-corrected chi connectivity index (χ4v) is 2.09. The predicted molar refractivity (Wildman–Crippen MR) is 98.4 cm³/mol. The number of rotatable bonds is 8. The molecule has 1 aromatic carbocycles. The smallest absolute Gasteiger partial charge is 0.239 e. The topological polar surface area (TPSA) is 106 Å². The third-order valence-corrected chi connectivity index (χ3v) is 3.75. The number of carbonyl (C=O) groups excluding carboxylic acids is 2. The van der Waals surface area contributed by atoms with E-state index in [9.17, 15) is 14.0 Å². The fourth-order valence-electron chi connectivity index (χ4n) is 2.09. The van der Waals surface area contributed by atoms with Crippen molar-refractivity contribution in [2.75, 3.05) is 6.54 Å². The van der Waals surface area contributed by atoms with Gasteiger partial charge >= 0.3 is 0 Å². The summed E-state index contributed by atoms with van der Waals surface area (Å²) in [4.78, 5) is 27.7. The molecule has 144 valence electrons. The van der Waals surface area contributed by atoms with E-state index < -0.39 is 6.04 Å². The Morgan fingerprint density at radius 3 is 2.52 bits per heavy atom. The van der Waals surface area contributed by atoms with Crippen molar-refractivity contribution in [1.82, 2.24) is 15.6 Å². The van der Waals surface area contributed by atoms with Gasteiger partial charge in [-0.25, -0.2) is 4.39 Å². The lowest BCUT2D eigenvalue weighted by Crippen LogP contribution is -2.47. The van der Waals surface area contributed by atoms with Gasteiger partial charge in [0, 0.05) is 12.3 Å². The van der Waals surface area contributed by atoms with Crippen molar-refractivity contribution in [3.63, 3.8) is 0 Å². The molecule has 0 saturated heterocycles. The van der Waals surface area contributed by atoms with Gasteiger partial charge in [-0.1, -0.05) is 13.8 Å². The van der Waals surface area contributed by atoms with E-state index >= 15 is 0 Å². The molecule has 0 aliphatic carbocycles. The van der Waals surface area contributed by atoms with Crippen molar-refractivity contribution < 1.29 is 18.7 Å². The lowest BCUT2D eigenvalue weighted by atomic mass is 10.1. The zero-order valence-corrected chi connectivity index (χ0v) is 15.2. The summed E-state index contributed by atoms with van der Waals surface area (Å²) >= 11 is 0. The van der Waals surface area contributed by atoms with Crippen LogP contribution in [0.5, 0.6) is 11.5 Å². The van der Waals surface area contributed by atoms with E-state index in [4.69, 9.17) is 10.5 Å². The van der Waals surface area contributed by atoms with E-state index in [1.165, 1.54) is 24.3 Å². The van der Waals surface area contributed by atoms with Crippen LogP contribution in [0.1, 0.15) is 19.5 Å². The number of nitrogens with zero attached hydrogens (tertiary/aromatic N) is 1. The summed E-state index contributed by atoms with van der Waals surface area (Å²) in [5.74, 6) is -0.0826. The number of ether oxygens (including phenoxy) is 1. The van der Waals surface area contributed by atoms with Crippen LogP contribution in [0.3, 0.4) is 0 Å². The summed E-state index contributed by atoms with van der Waals surface area (Å²) < 4.78 is 18.5. The first-order chi connectivity index (χ1) is 12.8. The van der Waals surface area contributed by atoms with Gasteiger partial charge < -0.3 is 21.1 Å². The number of nitrogens with two attached hydrogens (primary N) is 1. The molecule has 4 N–H and O–H groups in total. The van der Waals surface area contributed by atoms with Gasteiger partial charge in [-0.3, -0.25) is 14.6 Å². The molecule has 1 atom stereocenters. The standard InChI is InChI=1S/C19H23FN4O3/c1-12(2)18(21)19(26)24-11-17(25)23-10-14-9-16(7-8-22-14)27-15-5-3-13(20)4-6-15/h3-9,12,18H,10-11,21H2,1-2H3,(H,23,25)(H,24,26)/t18-/m0/s1. The maximum atomic E-state index is 12.9. The van der Waals surface area contributed by atoms with E-state index in [1.54, 1.807) is 18.3 Å². The van der Waals surface area contributed by atoms with Gasteiger partial charge in [0.25, 0.3) is 0 Å². The number of hydrogen-bond acceptors (Lipinski definition) is 5. The zero-order valence-electron chi connectivity index (χ0n) is 15.2. The van der Waals surface area contributed by atoms with Gasteiger partial charge in [0.1, 0.15) is 17.3 Å². The highest BCUT2D eigenvalue weighted by atomic mass is 19.1. The van der Waals surface area contributed by atoms with Crippen LogP contribution < -0.4 is 21.1 Å². The lowest BCUT2D eigenvalue weighted by Gasteiger charge is -2.15. The molecule has 0 aliphatic rings. The van der Waals surface area contributed by atoms with Crippen molar-refractivity contribution in [3.8, 4) is 11.5 Å². The second-order valence-corrected chi connectivity index (χ2v) is 6.30. The van der Waals surface area contributed by atoms with Gasteiger partial charge in [-0.2, -0.15) is 0 Å². The minimum atomic E-state index is -0.653. The average Bonchev–Trinajstić information content (AvgIpc) is 2.66. The Kier molecular flexibility index (Phi) is 7.25. The number of hydrogen-bond donors (Lipinski definition) is 3. The second kappa shape index (κ2) is 9.63. The molecule has 7 nitrogen and oxygen atoms in total. The largest absolute Gasteiger partial charge is 0.457 e. The Hall–Kier alpha value is -3.00. The maximum absolute atomic E-state index is 12.9. The Labute approximate surface area is 157 Å². The summed E-state index contributed by atoms with van der Waals surface area (Å²) in [5.41, 5.74) is 6.29. The summed E-state index contributed by atoms with van der Waals surface area (Å²) in [7, 11) is 0. The van der Waals surface area contributed by atoms with E-state index in [1.807, 2.05) is 13.8 Å². The first-order valence-electron chi connectivity index (χ1n) is 8.53. The number of nitrogens with one attached hydrogen (secondary N) is 2. The molecule has 0 saturated carbocycles. The van der Waals surface area contributed by atoms with Gasteiger partial charge in [-0.05, 0) is 36.2 Å². The molecule has 1 aromatic heterocycles. The average molecular weight is 374 g/mol. The molecule has 0 fully saturated rings. The van der Waals surface area contributed by atoms with E-state index in [2.05, 4.69) is 15.6 Å². The molecule has 2 amide bonds. The monoisotopic (exact) mass is 374 g/mol. The van der Waals surface area contributed by atoms with E-state index in [0.717, 1.165) is 0 Å². The highest BCUT2D eigenvalue weighted by Gasteiger charge is 2.17. The molecule has 0 aliphatic heterocycles. The molecule has 1 heterocycles. The van der Waals surface area contributed by atoms with Crippen molar-refractivity contribution in [1.29, 1.82) is 0 Å². The summed E-state index contributed by atoms with van der Waals surface area (Å²) in [6.45, 7) is 3.67. The molecule has 2 aromatic rings. The summed E-state index contributed by atoms with van der Waals surface area (Å²) in [5, 5.41) is 5.16. The third-order valence-electron chi connectivity index (χ3n) is 3.75. The fraction of sp³-hybridized carbons (Fsp3) is 0.316. The quantitative estimate of drug-likeness (QED) is 0.652. The highest BCUT2D eigenvalue weighted by Crippen LogP contribution is 2.21. The normalized spacial score (nSPS) is 11.7. The SMILES string of the molecule is CC(C)[C@H](N)C(=O)NCC(=O)NCc1cc(Oc2ccc(F)cc2)ccn1.